The van der Waals surface area contributed by atoms with Crippen LogP contribution in [-0.2, 0) is 4.79 Å². The lowest BCUT2D eigenvalue weighted by Crippen LogP contribution is -2.25. The molecule has 0 radical (unpaired) electrons. The lowest BCUT2D eigenvalue weighted by molar-refractivity contribution is -0.113. The van der Waals surface area contributed by atoms with Gasteiger partial charge in [0.1, 0.15) is 23.0 Å². The van der Waals surface area contributed by atoms with Gasteiger partial charge in [0.15, 0.2) is 0 Å². The zero-order valence-corrected chi connectivity index (χ0v) is 15.3. The van der Waals surface area contributed by atoms with Crippen molar-refractivity contribution in [3.8, 4) is 11.5 Å². The number of benzene rings is 2. The van der Waals surface area contributed by atoms with E-state index in [4.69, 9.17) is 0 Å². The third kappa shape index (κ3) is 3.08. The molecule has 0 fully saturated rings. The van der Waals surface area contributed by atoms with E-state index in [1.807, 2.05) is 26.8 Å². The molecule has 0 unspecified atom stereocenters. The van der Waals surface area contributed by atoms with Gasteiger partial charge in [0.05, 0.1) is 5.69 Å². The molecule has 3 rings (SSSR count). The summed E-state index contributed by atoms with van der Waals surface area (Å²) >= 11 is 0. The first kappa shape index (κ1) is 17.7. The molecular formula is C21H22N2O3. The first-order valence-corrected chi connectivity index (χ1v) is 8.52. The Bertz CT molecular complexity index is 942. The summed E-state index contributed by atoms with van der Waals surface area (Å²) < 4.78 is 0. The molecule has 0 spiro atoms. The molecule has 0 aliphatic carbocycles. The van der Waals surface area contributed by atoms with Crippen LogP contribution in [-0.4, -0.2) is 22.0 Å². The SMILES string of the molecule is CC1=NC(=O)C(=Cc2ccccc2O)N1c1cc(C(C)C)c(O)cc1C. The van der Waals surface area contributed by atoms with Crippen molar-refractivity contribution in [2.24, 2.45) is 4.99 Å². The van der Waals surface area contributed by atoms with E-state index in [2.05, 4.69) is 4.99 Å². The summed E-state index contributed by atoms with van der Waals surface area (Å²) in [7, 11) is 0. The van der Waals surface area contributed by atoms with Crippen molar-refractivity contribution in [3.05, 3.63) is 58.8 Å². The zero-order valence-electron chi connectivity index (χ0n) is 15.3. The number of rotatable bonds is 3. The quantitative estimate of drug-likeness (QED) is 0.808. The Kier molecular flexibility index (Phi) is 4.55. The van der Waals surface area contributed by atoms with Gasteiger partial charge in [-0.15, -0.1) is 0 Å². The molecule has 2 N–H and O–H groups in total. The second-order valence-electron chi connectivity index (χ2n) is 6.74. The van der Waals surface area contributed by atoms with Crippen LogP contribution in [0.2, 0.25) is 0 Å². The van der Waals surface area contributed by atoms with Gasteiger partial charge in [-0.05, 0) is 55.2 Å². The first-order valence-electron chi connectivity index (χ1n) is 8.52. The van der Waals surface area contributed by atoms with Crippen LogP contribution in [0.1, 0.15) is 43.4 Å². The van der Waals surface area contributed by atoms with Crippen molar-refractivity contribution in [1.82, 2.24) is 0 Å². The third-order valence-corrected chi connectivity index (χ3v) is 4.48. The summed E-state index contributed by atoms with van der Waals surface area (Å²) in [5.74, 6) is 0.676. The van der Waals surface area contributed by atoms with E-state index in [0.29, 0.717) is 17.1 Å². The highest BCUT2D eigenvalue weighted by molar-refractivity contribution is 6.22. The number of aliphatic imine (C=N–C) groups is 1. The second-order valence-corrected chi connectivity index (χ2v) is 6.74. The monoisotopic (exact) mass is 350 g/mol. The molecule has 2 aromatic carbocycles. The average molecular weight is 350 g/mol. The van der Waals surface area contributed by atoms with Gasteiger partial charge >= 0.3 is 0 Å². The van der Waals surface area contributed by atoms with Crippen LogP contribution in [0.4, 0.5) is 5.69 Å². The molecule has 134 valence electrons. The molecule has 0 saturated carbocycles. The number of aryl methyl sites for hydroxylation is 1. The number of amides is 1. The van der Waals surface area contributed by atoms with E-state index >= 15 is 0 Å². The number of carbonyl (C=O) groups is 1. The fourth-order valence-corrected chi connectivity index (χ4v) is 3.11. The number of aromatic hydroxyl groups is 2. The summed E-state index contributed by atoms with van der Waals surface area (Å²) in [5, 5.41) is 20.3. The summed E-state index contributed by atoms with van der Waals surface area (Å²) in [6.07, 6.45) is 1.64. The number of carbonyl (C=O) groups excluding carboxylic acids is 1. The van der Waals surface area contributed by atoms with Crippen LogP contribution in [0.25, 0.3) is 6.08 Å². The van der Waals surface area contributed by atoms with Crippen LogP contribution < -0.4 is 4.90 Å². The largest absolute Gasteiger partial charge is 0.508 e. The van der Waals surface area contributed by atoms with E-state index in [1.54, 1.807) is 48.2 Å². The van der Waals surface area contributed by atoms with Gasteiger partial charge in [0, 0.05) is 5.56 Å². The van der Waals surface area contributed by atoms with Gasteiger partial charge in [-0.1, -0.05) is 32.0 Å². The minimum atomic E-state index is -0.357. The highest BCUT2D eigenvalue weighted by Gasteiger charge is 2.30. The van der Waals surface area contributed by atoms with Crippen molar-refractivity contribution in [1.29, 1.82) is 0 Å². The van der Waals surface area contributed by atoms with Crippen LogP contribution in [0.15, 0.2) is 47.1 Å². The summed E-state index contributed by atoms with van der Waals surface area (Å²) in [6, 6.07) is 10.4. The van der Waals surface area contributed by atoms with Crippen LogP contribution >= 0.6 is 0 Å². The summed E-state index contributed by atoms with van der Waals surface area (Å²) in [5.41, 5.74) is 3.35. The molecule has 5 nitrogen and oxygen atoms in total. The molecule has 1 aliphatic heterocycles. The summed E-state index contributed by atoms with van der Waals surface area (Å²) in [6.45, 7) is 7.66. The van der Waals surface area contributed by atoms with E-state index in [0.717, 1.165) is 16.8 Å². The van der Waals surface area contributed by atoms with Gasteiger partial charge < -0.3 is 10.2 Å². The summed E-state index contributed by atoms with van der Waals surface area (Å²) in [4.78, 5) is 18.3. The van der Waals surface area contributed by atoms with E-state index < -0.39 is 0 Å². The number of phenols is 2. The zero-order chi connectivity index (χ0) is 19.0. The molecule has 2 aromatic rings. The third-order valence-electron chi connectivity index (χ3n) is 4.48. The van der Waals surface area contributed by atoms with E-state index in [1.165, 1.54) is 0 Å². The molecule has 1 heterocycles. The van der Waals surface area contributed by atoms with Gasteiger partial charge in [-0.25, -0.2) is 0 Å². The maximum absolute atomic E-state index is 12.5. The highest BCUT2D eigenvalue weighted by Crippen LogP contribution is 2.37. The standard InChI is InChI=1S/C21H22N2O3/c1-12(2)16-11-17(13(3)9-20(16)25)23-14(4)22-21(26)18(23)10-15-7-5-6-8-19(15)24/h5-12,24-25H,1-4H3. The van der Waals surface area contributed by atoms with Crippen LogP contribution in [0.5, 0.6) is 11.5 Å². The molecule has 0 saturated heterocycles. The van der Waals surface area contributed by atoms with E-state index in [-0.39, 0.29) is 23.3 Å². The molecule has 0 bridgehead atoms. The molecule has 1 aliphatic rings. The Labute approximate surface area is 152 Å². The lowest BCUT2D eigenvalue weighted by atomic mass is 9.98. The Balaban J connectivity index is 2.16. The number of nitrogens with zero attached hydrogens (tertiary/aromatic N) is 2. The Morgan fingerprint density at radius 1 is 1.08 bits per heavy atom. The fraction of sp³-hybridized carbons (Fsp3) is 0.238. The topological polar surface area (TPSA) is 73.1 Å². The number of para-hydroxylation sites is 1. The average Bonchev–Trinajstić information content (AvgIpc) is 2.83. The maximum Gasteiger partial charge on any atom is 0.295 e. The molecule has 0 atom stereocenters. The Hall–Kier alpha value is -3.08. The molecule has 26 heavy (non-hydrogen) atoms. The molecule has 1 amide bonds. The highest BCUT2D eigenvalue weighted by atomic mass is 16.3. The van der Waals surface area contributed by atoms with E-state index in [9.17, 15) is 15.0 Å². The Morgan fingerprint density at radius 3 is 2.42 bits per heavy atom. The van der Waals surface area contributed by atoms with Crippen molar-refractivity contribution >= 4 is 23.5 Å². The predicted octanol–water partition coefficient (Wildman–Crippen LogP) is 4.34. The van der Waals surface area contributed by atoms with Crippen molar-refractivity contribution in [3.63, 3.8) is 0 Å². The van der Waals surface area contributed by atoms with Crippen molar-refractivity contribution < 1.29 is 15.0 Å². The van der Waals surface area contributed by atoms with Gasteiger partial charge in [-0.3, -0.25) is 9.69 Å². The van der Waals surface area contributed by atoms with Crippen LogP contribution in [0, 0.1) is 6.92 Å². The molecule has 0 aromatic heterocycles. The molecule has 5 heteroatoms. The fourth-order valence-electron chi connectivity index (χ4n) is 3.11. The first-order chi connectivity index (χ1) is 12.3. The number of amidine groups is 1. The van der Waals surface area contributed by atoms with Gasteiger partial charge in [0.25, 0.3) is 5.91 Å². The normalized spacial score (nSPS) is 15.9. The van der Waals surface area contributed by atoms with Crippen molar-refractivity contribution in [2.75, 3.05) is 4.90 Å². The number of anilines is 1. The number of hydrogen-bond acceptors (Lipinski definition) is 4. The lowest BCUT2D eigenvalue weighted by Gasteiger charge is -2.24. The van der Waals surface area contributed by atoms with Crippen molar-refractivity contribution in [2.45, 2.75) is 33.6 Å². The number of hydrogen-bond donors (Lipinski definition) is 2. The van der Waals surface area contributed by atoms with Gasteiger partial charge in [0.2, 0.25) is 0 Å². The number of phenolic OH excluding ortho intramolecular Hbond substituents is 2. The minimum Gasteiger partial charge on any atom is -0.508 e. The Morgan fingerprint density at radius 2 is 1.77 bits per heavy atom. The van der Waals surface area contributed by atoms with Gasteiger partial charge in [-0.2, -0.15) is 4.99 Å². The maximum atomic E-state index is 12.5. The molecular weight excluding hydrogens is 328 g/mol. The second kappa shape index (κ2) is 6.67. The predicted molar refractivity (Wildman–Crippen MR) is 104 cm³/mol. The minimum absolute atomic E-state index is 0.0996. The van der Waals surface area contributed by atoms with Crippen LogP contribution in [0.3, 0.4) is 0 Å². The smallest absolute Gasteiger partial charge is 0.295 e.